The van der Waals surface area contributed by atoms with Gasteiger partial charge in [0.2, 0.25) is 0 Å². The Morgan fingerprint density at radius 1 is 1.50 bits per heavy atom. The summed E-state index contributed by atoms with van der Waals surface area (Å²) in [5, 5.41) is 19.4. The first kappa shape index (κ1) is 18.6. The molecule has 1 aliphatic rings. The second kappa shape index (κ2) is 8.43. The lowest BCUT2D eigenvalue weighted by Crippen LogP contribution is -2.29. The molecule has 1 aromatic carbocycles. The minimum Gasteiger partial charge on any atom is -0.348 e. The Labute approximate surface area is 159 Å². The van der Waals surface area contributed by atoms with Gasteiger partial charge in [-0.15, -0.1) is 11.3 Å². The highest BCUT2D eigenvalue weighted by Gasteiger charge is 2.19. The maximum absolute atomic E-state index is 12.3. The van der Waals surface area contributed by atoms with Gasteiger partial charge in [0.25, 0.3) is 11.6 Å². The van der Waals surface area contributed by atoms with E-state index >= 15 is 0 Å². The van der Waals surface area contributed by atoms with Crippen LogP contribution < -0.4 is 10.6 Å². The topological polar surface area (TPSA) is 97.2 Å². The summed E-state index contributed by atoms with van der Waals surface area (Å²) in [5.41, 5.74) is 2.24. The van der Waals surface area contributed by atoms with Crippen molar-refractivity contribution in [3.8, 4) is 0 Å². The van der Waals surface area contributed by atoms with E-state index in [1.807, 2.05) is 12.3 Å². The van der Waals surface area contributed by atoms with Gasteiger partial charge in [-0.05, 0) is 32.0 Å². The van der Waals surface area contributed by atoms with Crippen LogP contribution in [-0.2, 0) is 0 Å². The van der Waals surface area contributed by atoms with Gasteiger partial charge >= 0.3 is 0 Å². The molecule has 26 heavy (non-hydrogen) atoms. The van der Waals surface area contributed by atoms with Crippen LogP contribution in [-0.4, -0.2) is 35.4 Å². The number of hydrogen-bond donors (Lipinski definition) is 2. The first-order valence-corrected chi connectivity index (χ1v) is 9.78. The van der Waals surface area contributed by atoms with E-state index in [2.05, 4.69) is 21.7 Å². The number of aromatic nitrogens is 1. The highest BCUT2D eigenvalue weighted by molar-refractivity contribution is 8.01. The molecule has 1 aromatic heterocycles. The predicted molar refractivity (Wildman–Crippen MR) is 102 cm³/mol. The summed E-state index contributed by atoms with van der Waals surface area (Å²) in [6, 6.07) is 4.55. The largest absolute Gasteiger partial charge is 0.348 e. The Morgan fingerprint density at radius 2 is 2.35 bits per heavy atom. The molecule has 0 saturated carbocycles. The van der Waals surface area contributed by atoms with E-state index in [4.69, 9.17) is 0 Å². The summed E-state index contributed by atoms with van der Waals surface area (Å²) >= 11 is 2.68. The predicted octanol–water partition coefficient (Wildman–Crippen LogP) is 3.16. The first-order valence-electron chi connectivity index (χ1n) is 8.08. The van der Waals surface area contributed by atoms with E-state index in [9.17, 15) is 14.9 Å². The van der Waals surface area contributed by atoms with E-state index in [1.165, 1.54) is 29.2 Å². The van der Waals surface area contributed by atoms with Crippen molar-refractivity contribution < 1.29 is 9.72 Å². The fourth-order valence-electron chi connectivity index (χ4n) is 2.49. The third-order valence-corrected chi connectivity index (χ3v) is 5.97. The molecule has 1 amide bonds. The molecule has 7 nitrogen and oxygen atoms in total. The van der Waals surface area contributed by atoms with Crippen molar-refractivity contribution in [1.29, 1.82) is 0 Å². The number of nitro groups is 1. The Morgan fingerprint density at radius 3 is 3.00 bits per heavy atom. The second-order valence-electron chi connectivity index (χ2n) is 5.80. The monoisotopic (exact) mass is 390 g/mol. The number of hydrogen-bond acceptors (Lipinski definition) is 7. The van der Waals surface area contributed by atoms with Crippen LogP contribution in [0.15, 0.2) is 44.5 Å². The molecule has 0 saturated heterocycles. The number of benzene rings is 1. The Kier molecular flexibility index (Phi) is 6.02. The molecule has 0 radical (unpaired) electrons. The summed E-state index contributed by atoms with van der Waals surface area (Å²) in [4.78, 5) is 28.1. The minimum absolute atomic E-state index is 0.0865. The van der Waals surface area contributed by atoms with Crippen molar-refractivity contribution in [2.45, 2.75) is 22.6 Å². The second-order valence-corrected chi connectivity index (χ2v) is 7.94. The third kappa shape index (κ3) is 4.69. The third-order valence-electron chi connectivity index (χ3n) is 3.85. The zero-order chi connectivity index (χ0) is 18.5. The lowest BCUT2D eigenvalue weighted by molar-refractivity contribution is -0.387. The van der Waals surface area contributed by atoms with E-state index in [0.29, 0.717) is 11.4 Å². The standard InChI is InChI=1S/C17H18N4O3S2/c1-11-10-25-17(20-11)26-15-3-2-13(8-14(15)21(23)24)16(22)19-9-12-4-6-18-7-5-12/h2-4,8,10,18H,5-7,9H2,1H3,(H,19,22). The molecule has 0 bridgehead atoms. The van der Waals surface area contributed by atoms with Gasteiger partial charge in [0.1, 0.15) is 0 Å². The van der Waals surface area contributed by atoms with E-state index in [1.54, 1.807) is 12.1 Å². The van der Waals surface area contributed by atoms with Crippen LogP contribution in [0.3, 0.4) is 0 Å². The number of nitro benzene ring substituents is 1. The van der Waals surface area contributed by atoms with Gasteiger partial charge in [-0.1, -0.05) is 23.4 Å². The maximum atomic E-state index is 12.3. The number of rotatable bonds is 6. The van der Waals surface area contributed by atoms with Crippen LogP contribution in [0.1, 0.15) is 22.5 Å². The molecule has 2 N–H and O–H groups in total. The van der Waals surface area contributed by atoms with Gasteiger partial charge in [0, 0.05) is 35.8 Å². The number of aryl methyl sites for hydroxylation is 1. The van der Waals surface area contributed by atoms with Gasteiger partial charge in [-0.3, -0.25) is 14.9 Å². The average Bonchev–Trinajstić information content (AvgIpc) is 3.05. The van der Waals surface area contributed by atoms with Crippen molar-refractivity contribution in [2.24, 2.45) is 0 Å². The minimum atomic E-state index is -0.463. The normalized spacial score (nSPS) is 14.0. The van der Waals surface area contributed by atoms with Crippen LogP contribution in [0.2, 0.25) is 0 Å². The summed E-state index contributed by atoms with van der Waals surface area (Å²) in [5.74, 6) is -0.311. The zero-order valence-electron chi connectivity index (χ0n) is 14.2. The molecular formula is C17H18N4O3S2. The van der Waals surface area contributed by atoms with Crippen molar-refractivity contribution in [2.75, 3.05) is 19.6 Å². The van der Waals surface area contributed by atoms with Crippen LogP contribution in [0.5, 0.6) is 0 Å². The van der Waals surface area contributed by atoms with Gasteiger partial charge in [0.05, 0.1) is 9.82 Å². The van der Waals surface area contributed by atoms with Gasteiger partial charge in [-0.2, -0.15) is 0 Å². The highest BCUT2D eigenvalue weighted by Crippen LogP contribution is 2.36. The smallest absolute Gasteiger partial charge is 0.284 e. The fourth-order valence-corrected chi connectivity index (χ4v) is 4.37. The number of carbonyl (C=O) groups excluding carboxylic acids is 1. The molecule has 9 heteroatoms. The average molecular weight is 390 g/mol. The zero-order valence-corrected chi connectivity index (χ0v) is 15.8. The van der Waals surface area contributed by atoms with Crippen LogP contribution in [0.25, 0.3) is 0 Å². The molecule has 2 aromatic rings. The molecular weight excluding hydrogens is 372 g/mol. The van der Waals surface area contributed by atoms with Crippen LogP contribution in [0, 0.1) is 17.0 Å². The highest BCUT2D eigenvalue weighted by atomic mass is 32.2. The number of nitrogens with one attached hydrogen (secondary N) is 2. The number of thiazole rings is 1. The molecule has 2 heterocycles. The summed E-state index contributed by atoms with van der Waals surface area (Å²) in [7, 11) is 0. The van der Waals surface area contributed by atoms with Crippen LogP contribution >= 0.6 is 23.1 Å². The van der Waals surface area contributed by atoms with Gasteiger partial charge in [0.15, 0.2) is 4.34 Å². The molecule has 0 unspecified atom stereocenters. The SMILES string of the molecule is Cc1csc(Sc2ccc(C(=O)NCC3=CCNCC3)cc2[N+](=O)[O-])n1. The molecule has 1 aliphatic heterocycles. The maximum Gasteiger partial charge on any atom is 0.284 e. The van der Waals surface area contributed by atoms with Crippen molar-refractivity contribution in [3.05, 3.63) is 56.6 Å². The Hall–Kier alpha value is -2.23. The number of carbonyl (C=O) groups is 1. The Bertz CT molecular complexity index is 863. The quantitative estimate of drug-likeness (QED) is 0.447. The van der Waals surface area contributed by atoms with E-state index < -0.39 is 4.92 Å². The van der Waals surface area contributed by atoms with Crippen molar-refractivity contribution in [3.63, 3.8) is 0 Å². The summed E-state index contributed by atoms with van der Waals surface area (Å²) in [6.45, 7) is 4.04. The number of amides is 1. The van der Waals surface area contributed by atoms with Gasteiger partial charge < -0.3 is 10.6 Å². The van der Waals surface area contributed by atoms with Crippen LogP contribution in [0.4, 0.5) is 5.69 Å². The summed E-state index contributed by atoms with van der Waals surface area (Å²) in [6.07, 6.45) is 2.95. The summed E-state index contributed by atoms with van der Waals surface area (Å²) < 4.78 is 0.737. The fraction of sp³-hybridized carbons (Fsp3) is 0.294. The molecule has 0 aliphatic carbocycles. The van der Waals surface area contributed by atoms with E-state index in [0.717, 1.165) is 35.1 Å². The molecule has 0 spiro atoms. The Balaban J connectivity index is 1.73. The lowest BCUT2D eigenvalue weighted by atomic mass is 10.1. The number of nitrogens with zero attached hydrogens (tertiary/aromatic N) is 2. The molecule has 3 rings (SSSR count). The van der Waals surface area contributed by atoms with Gasteiger partial charge in [-0.25, -0.2) is 4.98 Å². The molecule has 136 valence electrons. The van der Waals surface area contributed by atoms with Crippen molar-refractivity contribution in [1.82, 2.24) is 15.6 Å². The molecule has 0 fully saturated rings. The lowest BCUT2D eigenvalue weighted by Gasteiger charge is -2.14. The van der Waals surface area contributed by atoms with E-state index in [-0.39, 0.29) is 17.2 Å². The molecule has 0 atom stereocenters. The van der Waals surface area contributed by atoms with Crippen molar-refractivity contribution >= 4 is 34.7 Å². The first-order chi connectivity index (χ1) is 12.5.